The van der Waals surface area contributed by atoms with E-state index in [0.29, 0.717) is 40.8 Å². The van der Waals surface area contributed by atoms with E-state index in [1.54, 1.807) is 6.07 Å². The van der Waals surface area contributed by atoms with Gasteiger partial charge in [0.2, 0.25) is 0 Å². The summed E-state index contributed by atoms with van der Waals surface area (Å²) in [6, 6.07) is 3.59. The Kier molecular flexibility index (Phi) is 6.88. The van der Waals surface area contributed by atoms with Crippen LogP contribution in [0.4, 0.5) is 0 Å². The van der Waals surface area contributed by atoms with Crippen molar-refractivity contribution in [1.82, 2.24) is 4.90 Å². The predicted octanol–water partition coefficient (Wildman–Crippen LogP) is 5.63. The van der Waals surface area contributed by atoms with Gasteiger partial charge in [-0.3, -0.25) is 9.59 Å². The first-order valence-electron chi connectivity index (χ1n) is 12.3. The van der Waals surface area contributed by atoms with Crippen molar-refractivity contribution >= 4 is 33.5 Å². The largest absolute Gasteiger partial charge is 0.493 e. The molecule has 4 rings (SSSR count). The highest BCUT2D eigenvalue weighted by Crippen LogP contribution is 2.55. The van der Waals surface area contributed by atoms with Gasteiger partial charge in [0.25, 0.3) is 0 Å². The number of carboxylic acid groups (broad SMARTS) is 1. The predicted molar refractivity (Wildman–Crippen MR) is 139 cm³/mol. The van der Waals surface area contributed by atoms with Crippen LogP contribution >= 0.6 is 15.9 Å². The Balaban J connectivity index is 1.96. The summed E-state index contributed by atoms with van der Waals surface area (Å²) in [5, 5.41) is 9.06. The quantitative estimate of drug-likeness (QED) is 0.482. The molecular weight excluding hydrogens is 526 g/mol. The van der Waals surface area contributed by atoms with E-state index in [-0.39, 0.29) is 28.1 Å². The number of methoxy groups -OCH3 is 1. The SMILES string of the molecule is CCN1C2=C(C(=O)CC(C)(C)C2)C(c2cc(Br)c(OCC(=O)O)c(OC)c2)C2=C1CC(C)(C)CC2=O. The zero-order chi connectivity index (χ0) is 26.6. The van der Waals surface area contributed by atoms with Crippen molar-refractivity contribution in [1.29, 1.82) is 0 Å². The van der Waals surface area contributed by atoms with Crippen LogP contribution in [-0.2, 0) is 14.4 Å². The molecular formula is C28H34BrNO6. The number of halogens is 1. The molecule has 0 aromatic heterocycles. The number of nitrogens with zero attached hydrogens (tertiary/aromatic N) is 1. The summed E-state index contributed by atoms with van der Waals surface area (Å²) in [5.74, 6) is -0.871. The van der Waals surface area contributed by atoms with Crippen molar-refractivity contribution in [3.63, 3.8) is 0 Å². The number of carbonyl (C=O) groups excluding carboxylic acids is 2. The molecule has 7 nitrogen and oxygen atoms in total. The molecule has 8 heteroatoms. The van der Waals surface area contributed by atoms with E-state index in [2.05, 4.69) is 55.4 Å². The zero-order valence-electron chi connectivity index (χ0n) is 21.8. The van der Waals surface area contributed by atoms with Gasteiger partial charge < -0.3 is 19.5 Å². The third-order valence-electron chi connectivity index (χ3n) is 7.26. The van der Waals surface area contributed by atoms with Gasteiger partial charge in [-0.15, -0.1) is 0 Å². The first-order chi connectivity index (χ1) is 16.8. The van der Waals surface area contributed by atoms with Gasteiger partial charge in [0.1, 0.15) is 0 Å². The van der Waals surface area contributed by atoms with Crippen molar-refractivity contribution in [3.8, 4) is 11.5 Å². The van der Waals surface area contributed by atoms with Crippen LogP contribution in [0.2, 0.25) is 0 Å². The molecule has 2 aliphatic carbocycles. The topological polar surface area (TPSA) is 93.1 Å². The molecule has 0 saturated heterocycles. The van der Waals surface area contributed by atoms with Crippen LogP contribution in [0, 0.1) is 10.8 Å². The number of aliphatic carboxylic acids is 1. The number of carboxylic acids is 1. The normalized spacial score (nSPS) is 21.4. The second-order valence-electron chi connectivity index (χ2n) is 11.5. The molecule has 0 unspecified atom stereocenters. The van der Waals surface area contributed by atoms with Gasteiger partial charge in [-0.1, -0.05) is 27.7 Å². The second-order valence-corrected chi connectivity index (χ2v) is 12.4. The van der Waals surface area contributed by atoms with E-state index in [1.165, 1.54) is 7.11 Å². The van der Waals surface area contributed by atoms with Gasteiger partial charge in [-0.2, -0.15) is 0 Å². The Bertz CT molecular complexity index is 1150. The molecule has 0 radical (unpaired) electrons. The lowest BCUT2D eigenvalue weighted by Gasteiger charge is -2.49. The maximum Gasteiger partial charge on any atom is 0.341 e. The minimum Gasteiger partial charge on any atom is -0.493 e. The van der Waals surface area contributed by atoms with E-state index in [4.69, 9.17) is 14.6 Å². The van der Waals surface area contributed by atoms with Crippen LogP contribution in [0.25, 0.3) is 0 Å². The smallest absolute Gasteiger partial charge is 0.341 e. The number of rotatable bonds is 6. The average molecular weight is 560 g/mol. The number of ketones is 2. The Hall–Kier alpha value is -2.61. The molecule has 0 bridgehead atoms. The summed E-state index contributed by atoms with van der Waals surface area (Å²) in [6.07, 6.45) is 2.34. The van der Waals surface area contributed by atoms with Crippen LogP contribution in [0.15, 0.2) is 39.1 Å². The molecule has 1 aromatic rings. The molecule has 3 aliphatic rings. The van der Waals surface area contributed by atoms with Gasteiger partial charge >= 0.3 is 5.97 Å². The van der Waals surface area contributed by atoms with Crippen molar-refractivity contribution in [2.75, 3.05) is 20.3 Å². The molecule has 1 aromatic carbocycles. The molecule has 1 aliphatic heterocycles. The highest BCUT2D eigenvalue weighted by atomic mass is 79.9. The standard InChI is InChI=1S/C28H34BrNO6/c1-7-30-17-10-27(2,3)12-19(31)24(17)23(25-18(30)11-28(4,5)13-20(25)32)15-8-16(29)26(21(9-15)35-6)36-14-22(33)34/h8-9,23H,7,10-14H2,1-6H3,(H,33,34). The monoisotopic (exact) mass is 559 g/mol. The van der Waals surface area contributed by atoms with Gasteiger partial charge in [-0.25, -0.2) is 4.79 Å². The fourth-order valence-corrected chi connectivity index (χ4v) is 6.52. The summed E-state index contributed by atoms with van der Waals surface area (Å²) in [7, 11) is 1.48. The molecule has 0 amide bonds. The minimum atomic E-state index is -1.10. The summed E-state index contributed by atoms with van der Waals surface area (Å²) in [5.41, 5.74) is 3.80. The van der Waals surface area contributed by atoms with E-state index in [0.717, 1.165) is 29.8 Å². The van der Waals surface area contributed by atoms with Gasteiger partial charge in [0, 0.05) is 47.8 Å². The summed E-state index contributed by atoms with van der Waals surface area (Å²) in [4.78, 5) is 40.8. The lowest BCUT2D eigenvalue weighted by molar-refractivity contribution is -0.139. The molecule has 36 heavy (non-hydrogen) atoms. The number of benzene rings is 1. The minimum absolute atomic E-state index is 0.0650. The number of Topliss-reactive ketones (excluding diaryl/α,β-unsaturated/α-hetero) is 2. The molecule has 0 saturated carbocycles. The highest BCUT2D eigenvalue weighted by molar-refractivity contribution is 9.10. The number of carbonyl (C=O) groups is 3. The van der Waals surface area contributed by atoms with Gasteiger partial charge in [0.15, 0.2) is 29.7 Å². The van der Waals surface area contributed by atoms with Gasteiger partial charge in [-0.05, 0) is 64.2 Å². The Morgan fingerprint density at radius 3 is 2.00 bits per heavy atom. The molecule has 1 N–H and O–H groups in total. The van der Waals surface area contributed by atoms with E-state index >= 15 is 0 Å². The maximum absolute atomic E-state index is 13.7. The van der Waals surface area contributed by atoms with Crippen molar-refractivity contribution < 1.29 is 29.0 Å². The van der Waals surface area contributed by atoms with Crippen LogP contribution in [0.5, 0.6) is 11.5 Å². The summed E-state index contributed by atoms with van der Waals surface area (Å²) < 4.78 is 11.5. The molecule has 0 spiro atoms. The fraction of sp³-hybridized carbons (Fsp3) is 0.536. The van der Waals surface area contributed by atoms with E-state index in [1.807, 2.05) is 6.07 Å². The lowest BCUT2D eigenvalue weighted by Crippen LogP contribution is -2.44. The van der Waals surface area contributed by atoms with Crippen LogP contribution in [-0.4, -0.2) is 47.8 Å². The third kappa shape index (κ3) is 4.72. The summed E-state index contributed by atoms with van der Waals surface area (Å²) >= 11 is 3.51. The Labute approximate surface area is 220 Å². The number of hydrogen-bond acceptors (Lipinski definition) is 6. The van der Waals surface area contributed by atoms with E-state index in [9.17, 15) is 14.4 Å². The van der Waals surface area contributed by atoms with Crippen molar-refractivity contribution in [2.45, 2.75) is 66.2 Å². The number of allylic oxidation sites excluding steroid dienone is 4. The van der Waals surface area contributed by atoms with Crippen LogP contribution in [0.3, 0.4) is 0 Å². The third-order valence-corrected chi connectivity index (χ3v) is 7.85. The highest BCUT2D eigenvalue weighted by Gasteiger charge is 2.48. The summed E-state index contributed by atoms with van der Waals surface area (Å²) in [6.45, 7) is 10.7. The molecule has 194 valence electrons. The number of ether oxygens (including phenoxy) is 2. The molecule has 0 fully saturated rings. The number of hydrogen-bond donors (Lipinski definition) is 1. The second kappa shape index (κ2) is 9.36. The first kappa shape index (κ1) is 26.5. The van der Waals surface area contributed by atoms with Crippen molar-refractivity contribution in [3.05, 3.63) is 44.7 Å². The van der Waals surface area contributed by atoms with Crippen LogP contribution in [0.1, 0.15) is 71.8 Å². The van der Waals surface area contributed by atoms with Crippen molar-refractivity contribution in [2.24, 2.45) is 10.8 Å². The fourth-order valence-electron chi connectivity index (χ4n) is 5.94. The van der Waals surface area contributed by atoms with Crippen LogP contribution < -0.4 is 9.47 Å². The average Bonchev–Trinajstić information content (AvgIpc) is 2.74. The zero-order valence-corrected chi connectivity index (χ0v) is 23.4. The first-order valence-corrected chi connectivity index (χ1v) is 13.1. The molecule has 0 atom stereocenters. The Morgan fingerprint density at radius 2 is 1.56 bits per heavy atom. The molecule has 1 heterocycles. The lowest BCUT2D eigenvalue weighted by atomic mass is 9.63. The van der Waals surface area contributed by atoms with Gasteiger partial charge in [0.05, 0.1) is 11.6 Å². The van der Waals surface area contributed by atoms with E-state index < -0.39 is 18.5 Å². The maximum atomic E-state index is 13.7. The Morgan fingerprint density at radius 1 is 1.03 bits per heavy atom.